The number of fused-ring (bicyclic) bond motifs is 1. The Morgan fingerprint density at radius 3 is 2.40 bits per heavy atom. The molecule has 104 valence electrons. The van der Waals surface area contributed by atoms with Gasteiger partial charge in [-0.2, -0.15) is 0 Å². The molecular weight excluding hydrogens is 252 g/mol. The molecule has 20 heavy (non-hydrogen) atoms. The number of rotatable bonds is 3. The van der Waals surface area contributed by atoms with E-state index in [1.54, 1.807) is 0 Å². The van der Waals surface area contributed by atoms with E-state index in [0.717, 1.165) is 30.0 Å². The molecule has 0 amide bonds. The normalized spacial score (nSPS) is 17.8. The smallest absolute Gasteiger partial charge is 0.348 e. The summed E-state index contributed by atoms with van der Waals surface area (Å²) in [6, 6.07) is 13.8. The molecule has 3 heteroatoms. The summed E-state index contributed by atoms with van der Waals surface area (Å²) in [4.78, 5) is 11.6. The van der Waals surface area contributed by atoms with Gasteiger partial charge in [-0.05, 0) is 48.6 Å². The van der Waals surface area contributed by atoms with Crippen molar-refractivity contribution in [3.8, 4) is 5.75 Å². The Morgan fingerprint density at radius 2 is 1.70 bits per heavy atom. The second-order valence-corrected chi connectivity index (χ2v) is 5.47. The highest BCUT2D eigenvalue weighted by Gasteiger charge is 2.42. The Labute approximate surface area is 118 Å². The van der Waals surface area contributed by atoms with E-state index in [9.17, 15) is 9.90 Å². The molecule has 0 aromatic heterocycles. The Hall–Kier alpha value is -2.03. The van der Waals surface area contributed by atoms with Crippen molar-refractivity contribution in [3.05, 3.63) is 42.5 Å². The third-order valence-electron chi connectivity index (χ3n) is 4.09. The number of aliphatic carboxylic acids is 1. The Bertz CT molecular complexity index is 627. The Kier molecular flexibility index (Phi) is 3.35. The van der Waals surface area contributed by atoms with Crippen molar-refractivity contribution in [3.63, 3.8) is 0 Å². The van der Waals surface area contributed by atoms with Crippen molar-refractivity contribution < 1.29 is 14.6 Å². The summed E-state index contributed by atoms with van der Waals surface area (Å²) >= 11 is 0. The summed E-state index contributed by atoms with van der Waals surface area (Å²) < 4.78 is 5.91. The van der Waals surface area contributed by atoms with Gasteiger partial charge in [0.15, 0.2) is 0 Å². The van der Waals surface area contributed by atoms with Gasteiger partial charge in [-0.15, -0.1) is 0 Å². The zero-order valence-electron chi connectivity index (χ0n) is 11.3. The lowest BCUT2D eigenvalue weighted by Crippen LogP contribution is -2.46. The van der Waals surface area contributed by atoms with E-state index in [-0.39, 0.29) is 0 Å². The third-order valence-corrected chi connectivity index (χ3v) is 4.09. The molecule has 0 radical (unpaired) electrons. The van der Waals surface area contributed by atoms with Crippen molar-refractivity contribution in [2.75, 3.05) is 0 Å². The molecule has 1 aliphatic rings. The second-order valence-electron chi connectivity index (χ2n) is 5.47. The van der Waals surface area contributed by atoms with E-state index in [4.69, 9.17) is 4.74 Å². The summed E-state index contributed by atoms with van der Waals surface area (Å²) in [7, 11) is 0. The fourth-order valence-electron chi connectivity index (χ4n) is 2.94. The van der Waals surface area contributed by atoms with Gasteiger partial charge in [-0.25, -0.2) is 4.79 Å². The standard InChI is InChI=1S/C17H18O3/c18-16(19)17(10-4-1-5-11-17)20-15-9-8-13-6-2-3-7-14(13)12-15/h2-3,6-9,12H,1,4-5,10-11H2,(H,18,19). The predicted octanol–water partition coefficient (Wildman–Crippen LogP) is 4.01. The lowest BCUT2D eigenvalue weighted by atomic mass is 9.84. The monoisotopic (exact) mass is 270 g/mol. The molecule has 1 fully saturated rings. The number of carboxylic acid groups (broad SMARTS) is 1. The van der Waals surface area contributed by atoms with Crippen molar-refractivity contribution in [1.29, 1.82) is 0 Å². The molecule has 3 rings (SSSR count). The van der Waals surface area contributed by atoms with Crippen LogP contribution in [0.2, 0.25) is 0 Å². The maximum Gasteiger partial charge on any atom is 0.348 e. The van der Waals surface area contributed by atoms with E-state index in [0.29, 0.717) is 18.6 Å². The van der Waals surface area contributed by atoms with E-state index in [1.165, 1.54) is 0 Å². The van der Waals surface area contributed by atoms with E-state index >= 15 is 0 Å². The molecule has 0 bridgehead atoms. The van der Waals surface area contributed by atoms with E-state index in [2.05, 4.69) is 0 Å². The van der Waals surface area contributed by atoms with Crippen molar-refractivity contribution in [2.45, 2.75) is 37.7 Å². The summed E-state index contributed by atoms with van der Waals surface area (Å²) in [5.74, 6) is -0.196. The minimum Gasteiger partial charge on any atom is -0.478 e. The van der Waals surface area contributed by atoms with Crippen LogP contribution < -0.4 is 4.74 Å². The SMILES string of the molecule is O=C(O)C1(Oc2ccc3ccccc3c2)CCCCC1. The number of hydrogen-bond acceptors (Lipinski definition) is 2. The molecule has 2 aromatic carbocycles. The van der Waals surface area contributed by atoms with Crippen LogP contribution in [0, 0.1) is 0 Å². The second kappa shape index (κ2) is 5.16. The van der Waals surface area contributed by atoms with Crippen LogP contribution in [-0.4, -0.2) is 16.7 Å². The lowest BCUT2D eigenvalue weighted by Gasteiger charge is -2.33. The van der Waals surface area contributed by atoms with Crippen LogP contribution in [-0.2, 0) is 4.79 Å². The molecule has 2 aromatic rings. The molecular formula is C17H18O3. The molecule has 0 spiro atoms. The molecule has 1 aliphatic carbocycles. The zero-order chi connectivity index (χ0) is 14.0. The van der Waals surface area contributed by atoms with Crippen molar-refractivity contribution in [2.24, 2.45) is 0 Å². The van der Waals surface area contributed by atoms with Crippen LogP contribution in [0.3, 0.4) is 0 Å². The zero-order valence-corrected chi connectivity index (χ0v) is 11.3. The van der Waals surface area contributed by atoms with Crippen molar-refractivity contribution in [1.82, 2.24) is 0 Å². The molecule has 3 nitrogen and oxygen atoms in total. The Balaban J connectivity index is 1.92. The van der Waals surface area contributed by atoms with Gasteiger partial charge in [-0.1, -0.05) is 36.8 Å². The average molecular weight is 270 g/mol. The third kappa shape index (κ3) is 2.36. The first-order chi connectivity index (χ1) is 9.70. The molecule has 0 aliphatic heterocycles. The molecule has 0 saturated heterocycles. The van der Waals surface area contributed by atoms with Crippen LogP contribution in [0.25, 0.3) is 10.8 Å². The van der Waals surface area contributed by atoms with Crippen LogP contribution >= 0.6 is 0 Å². The van der Waals surface area contributed by atoms with E-state index in [1.807, 2.05) is 42.5 Å². The summed E-state index contributed by atoms with van der Waals surface area (Å²) in [5.41, 5.74) is -1.04. The van der Waals surface area contributed by atoms with Gasteiger partial charge >= 0.3 is 5.97 Å². The maximum absolute atomic E-state index is 11.6. The van der Waals surface area contributed by atoms with Gasteiger partial charge in [0.05, 0.1) is 0 Å². The number of benzene rings is 2. The molecule has 0 heterocycles. The largest absolute Gasteiger partial charge is 0.478 e. The first-order valence-corrected chi connectivity index (χ1v) is 7.11. The number of carbonyl (C=O) groups is 1. The topological polar surface area (TPSA) is 46.5 Å². The molecule has 0 unspecified atom stereocenters. The van der Waals surface area contributed by atoms with Gasteiger partial charge in [0.25, 0.3) is 0 Å². The van der Waals surface area contributed by atoms with Gasteiger partial charge in [0.2, 0.25) is 5.60 Å². The van der Waals surface area contributed by atoms with Crippen molar-refractivity contribution >= 4 is 16.7 Å². The average Bonchev–Trinajstić information content (AvgIpc) is 2.48. The molecule has 1 saturated carbocycles. The quantitative estimate of drug-likeness (QED) is 0.916. The van der Waals surface area contributed by atoms with Crippen LogP contribution in [0.15, 0.2) is 42.5 Å². The maximum atomic E-state index is 11.6. The fraction of sp³-hybridized carbons (Fsp3) is 0.353. The lowest BCUT2D eigenvalue weighted by molar-refractivity contribution is -0.158. The Morgan fingerprint density at radius 1 is 1.00 bits per heavy atom. The van der Waals surface area contributed by atoms with Crippen LogP contribution in [0.1, 0.15) is 32.1 Å². The van der Waals surface area contributed by atoms with Crippen LogP contribution in [0.4, 0.5) is 0 Å². The summed E-state index contributed by atoms with van der Waals surface area (Å²) in [6.45, 7) is 0. The summed E-state index contributed by atoms with van der Waals surface area (Å²) in [5, 5.41) is 11.7. The van der Waals surface area contributed by atoms with E-state index < -0.39 is 11.6 Å². The predicted molar refractivity (Wildman–Crippen MR) is 78.0 cm³/mol. The van der Waals surface area contributed by atoms with Gasteiger partial charge < -0.3 is 9.84 Å². The highest BCUT2D eigenvalue weighted by molar-refractivity contribution is 5.84. The summed E-state index contributed by atoms with van der Waals surface area (Å²) in [6.07, 6.45) is 4.11. The number of hydrogen-bond donors (Lipinski definition) is 1. The van der Waals surface area contributed by atoms with Gasteiger partial charge in [0.1, 0.15) is 5.75 Å². The molecule has 1 N–H and O–H groups in total. The highest BCUT2D eigenvalue weighted by atomic mass is 16.5. The van der Waals surface area contributed by atoms with Gasteiger partial charge in [-0.3, -0.25) is 0 Å². The first-order valence-electron chi connectivity index (χ1n) is 7.11. The molecule has 0 atom stereocenters. The minimum absolute atomic E-state index is 0.592. The number of carboxylic acids is 1. The first kappa shape index (κ1) is 13.0. The fourth-order valence-corrected chi connectivity index (χ4v) is 2.94. The van der Waals surface area contributed by atoms with Crippen LogP contribution in [0.5, 0.6) is 5.75 Å². The minimum atomic E-state index is -1.04. The highest BCUT2D eigenvalue weighted by Crippen LogP contribution is 2.34. The van der Waals surface area contributed by atoms with Gasteiger partial charge in [0, 0.05) is 0 Å². The number of ether oxygens (including phenoxy) is 1.